The molecule has 0 spiro atoms. The quantitative estimate of drug-likeness (QED) is 0.909. The van der Waals surface area contributed by atoms with Gasteiger partial charge in [-0.05, 0) is 30.0 Å². The number of hydrogen-bond donors (Lipinski definition) is 2. The van der Waals surface area contributed by atoms with E-state index in [2.05, 4.69) is 10.3 Å². The molecule has 1 heterocycles. The fourth-order valence-electron chi connectivity index (χ4n) is 1.90. The minimum atomic E-state index is -0.580. The number of nitrogens with two attached hydrogens (primary N) is 1. The molecule has 0 saturated carbocycles. The Balaban J connectivity index is 2.23. The average molecular weight is 287 g/mol. The van der Waals surface area contributed by atoms with Crippen molar-refractivity contribution < 1.29 is 9.21 Å². The highest BCUT2D eigenvalue weighted by atomic mass is 16.3. The molecule has 3 N–H and O–H groups in total. The van der Waals surface area contributed by atoms with Gasteiger partial charge in [0.05, 0.1) is 12.2 Å². The summed E-state index contributed by atoms with van der Waals surface area (Å²) in [6, 6.07) is 5.02. The SMILES string of the molecule is Cc1ccc(NC(=O)[C@@H](N)C(C)(C)C)cc1-c1ncco1. The summed E-state index contributed by atoms with van der Waals surface area (Å²) in [4.78, 5) is 16.3. The standard InChI is InChI=1S/C16H21N3O2/c1-10-5-6-11(9-12(10)15-18-7-8-21-15)19-14(20)13(17)16(2,3)4/h5-9,13H,17H2,1-4H3,(H,19,20)/t13-/m1/s1. The number of anilines is 1. The van der Waals surface area contributed by atoms with E-state index >= 15 is 0 Å². The molecule has 0 radical (unpaired) electrons. The first-order chi connectivity index (χ1) is 9.79. The Morgan fingerprint density at radius 3 is 2.67 bits per heavy atom. The molecule has 1 aromatic carbocycles. The molecule has 2 rings (SSSR count). The summed E-state index contributed by atoms with van der Waals surface area (Å²) in [6.07, 6.45) is 3.12. The Bertz CT molecular complexity index is 627. The fourth-order valence-corrected chi connectivity index (χ4v) is 1.90. The maximum Gasteiger partial charge on any atom is 0.241 e. The molecule has 1 aromatic heterocycles. The third-order valence-corrected chi connectivity index (χ3v) is 3.38. The number of rotatable bonds is 3. The van der Waals surface area contributed by atoms with Gasteiger partial charge in [-0.3, -0.25) is 4.79 Å². The molecular weight excluding hydrogens is 266 g/mol. The van der Waals surface area contributed by atoms with Crippen LogP contribution < -0.4 is 11.1 Å². The van der Waals surface area contributed by atoms with Gasteiger partial charge in [0, 0.05) is 11.3 Å². The monoisotopic (exact) mass is 287 g/mol. The van der Waals surface area contributed by atoms with Gasteiger partial charge in [0.2, 0.25) is 11.8 Å². The third-order valence-electron chi connectivity index (χ3n) is 3.38. The van der Waals surface area contributed by atoms with Crippen molar-refractivity contribution in [2.24, 2.45) is 11.1 Å². The van der Waals surface area contributed by atoms with E-state index in [-0.39, 0.29) is 11.3 Å². The number of amides is 1. The Hall–Kier alpha value is -2.14. The Kier molecular flexibility index (Phi) is 4.14. The van der Waals surface area contributed by atoms with Gasteiger partial charge in [-0.1, -0.05) is 26.8 Å². The molecule has 1 atom stereocenters. The zero-order valence-corrected chi connectivity index (χ0v) is 12.8. The van der Waals surface area contributed by atoms with Gasteiger partial charge in [-0.15, -0.1) is 0 Å². The highest BCUT2D eigenvalue weighted by Gasteiger charge is 2.27. The van der Waals surface area contributed by atoms with E-state index in [1.54, 1.807) is 6.20 Å². The summed E-state index contributed by atoms with van der Waals surface area (Å²) in [5, 5.41) is 2.84. The van der Waals surface area contributed by atoms with E-state index in [4.69, 9.17) is 10.2 Å². The van der Waals surface area contributed by atoms with Crippen molar-refractivity contribution in [2.75, 3.05) is 5.32 Å². The van der Waals surface area contributed by atoms with Crippen LogP contribution in [-0.4, -0.2) is 16.9 Å². The topological polar surface area (TPSA) is 81.2 Å². The molecule has 112 valence electrons. The van der Waals surface area contributed by atoms with Crippen LogP contribution in [0.1, 0.15) is 26.3 Å². The lowest BCUT2D eigenvalue weighted by Gasteiger charge is -2.25. The van der Waals surface area contributed by atoms with E-state index in [9.17, 15) is 4.79 Å². The number of oxazole rings is 1. The molecule has 5 nitrogen and oxygen atoms in total. The first-order valence-corrected chi connectivity index (χ1v) is 6.86. The Morgan fingerprint density at radius 1 is 1.38 bits per heavy atom. The van der Waals surface area contributed by atoms with E-state index in [0.717, 1.165) is 11.1 Å². The summed E-state index contributed by atoms with van der Waals surface area (Å²) in [6.45, 7) is 7.77. The van der Waals surface area contributed by atoms with Crippen molar-refractivity contribution in [1.82, 2.24) is 4.98 Å². The highest BCUT2D eigenvalue weighted by molar-refractivity contribution is 5.95. The lowest BCUT2D eigenvalue weighted by atomic mass is 9.87. The summed E-state index contributed by atoms with van der Waals surface area (Å²) >= 11 is 0. The van der Waals surface area contributed by atoms with Crippen LogP contribution in [0.25, 0.3) is 11.5 Å². The second kappa shape index (κ2) is 5.69. The number of benzene rings is 1. The Morgan fingerprint density at radius 2 is 2.10 bits per heavy atom. The number of nitrogens with zero attached hydrogens (tertiary/aromatic N) is 1. The number of carbonyl (C=O) groups is 1. The molecule has 0 fully saturated rings. The third kappa shape index (κ3) is 3.49. The van der Waals surface area contributed by atoms with E-state index < -0.39 is 6.04 Å². The first kappa shape index (κ1) is 15.3. The smallest absolute Gasteiger partial charge is 0.241 e. The van der Waals surface area contributed by atoms with Crippen LogP contribution in [0.3, 0.4) is 0 Å². The van der Waals surface area contributed by atoms with Crippen LogP contribution in [0.2, 0.25) is 0 Å². The van der Waals surface area contributed by atoms with Crippen molar-refractivity contribution in [2.45, 2.75) is 33.7 Å². The summed E-state index contributed by atoms with van der Waals surface area (Å²) in [7, 11) is 0. The largest absolute Gasteiger partial charge is 0.445 e. The van der Waals surface area contributed by atoms with E-state index in [1.807, 2.05) is 45.9 Å². The molecule has 21 heavy (non-hydrogen) atoms. The normalized spacial score (nSPS) is 13.0. The van der Waals surface area contributed by atoms with Gasteiger partial charge in [0.15, 0.2) is 0 Å². The second-order valence-electron chi connectivity index (χ2n) is 6.20. The first-order valence-electron chi connectivity index (χ1n) is 6.86. The lowest BCUT2D eigenvalue weighted by Crippen LogP contribution is -2.45. The molecular formula is C16H21N3O2. The van der Waals surface area contributed by atoms with Crippen LogP contribution in [0.4, 0.5) is 5.69 Å². The van der Waals surface area contributed by atoms with Crippen molar-refractivity contribution >= 4 is 11.6 Å². The van der Waals surface area contributed by atoms with Gasteiger partial charge in [-0.2, -0.15) is 0 Å². The Labute approximate surface area is 124 Å². The number of aromatic nitrogens is 1. The maximum absolute atomic E-state index is 12.2. The van der Waals surface area contributed by atoms with E-state index in [0.29, 0.717) is 11.6 Å². The average Bonchev–Trinajstić information content (AvgIpc) is 2.92. The van der Waals surface area contributed by atoms with Crippen molar-refractivity contribution in [3.05, 3.63) is 36.2 Å². The zero-order valence-electron chi connectivity index (χ0n) is 12.8. The summed E-state index contributed by atoms with van der Waals surface area (Å²) < 4.78 is 5.31. The molecule has 2 aromatic rings. The zero-order chi connectivity index (χ0) is 15.6. The second-order valence-corrected chi connectivity index (χ2v) is 6.20. The van der Waals surface area contributed by atoms with Crippen LogP contribution in [0.5, 0.6) is 0 Å². The van der Waals surface area contributed by atoms with E-state index in [1.165, 1.54) is 6.26 Å². The molecule has 0 saturated heterocycles. The summed E-state index contributed by atoms with van der Waals surface area (Å²) in [5.41, 5.74) is 8.22. The minimum Gasteiger partial charge on any atom is -0.445 e. The number of hydrogen-bond acceptors (Lipinski definition) is 4. The van der Waals surface area contributed by atoms with Crippen LogP contribution in [-0.2, 0) is 4.79 Å². The van der Waals surface area contributed by atoms with Crippen LogP contribution in [0, 0.1) is 12.3 Å². The number of aryl methyl sites for hydroxylation is 1. The van der Waals surface area contributed by atoms with Crippen molar-refractivity contribution in [3.63, 3.8) is 0 Å². The van der Waals surface area contributed by atoms with Gasteiger partial charge >= 0.3 is 0 Å². The fraction of sp³-hybridized carbons (Fsp3) is 0.375. The molecule has 0 unspecified atom stereocenters. The summed E-state index contributed by atoms with van der Waals surface area (Å²) in [5.74, 6) is 0.327. The number of nitrogens with one attached hydrogen (secondary N) is 1. The molecule has 5 heteroatoms. The lowest BCUT2D eigenvalue weighted by molar-refractivity contribution is -0.119. The molecule has 0 aliphatic rings. The van der Waals surface area contributed by atoms with Gasteiger partial charge in [-0.25, -0.2) is 4.98 Å². The maximum atomic E-state index is 12.2. The highest BCUT2D eigenvalue weighted by Crippen LogP contribution is 2.26. The van der Waals surface area contributed by atoms with Crippen LogP contribution >= 0.6 is 0 Å². The molecule has 0 bridgehead atoms. The molecule has 0 aliphatic heterocycles. The molecule has 0 aliphatic carbocycles. The van der Waals surface area contributed by atoms with Crippen molar-refractivity contribution in [1.29, 1.82) is 0 Å². The number of carbonyl (C=O) groups excluding carboxylic acids is 1. The predicted molar refractivity (Wildman–Crippen MR) is 82.7 cm³/mol. The minimum absolute atomic E-state index is 0.204. The van der Waals surface area contributed by atoms with Gasteiger partial charge in [0.1, 0.15) is 6.26 Å². The predicted octanol–water partition coefficient (Wildman–Crippen LogP) is 2.96. The van der Waals surface area contributed by atoms with Gasteiger partial charge < -0.3 is 15.5 Å². The van der Waals surface area contributed by atoms with Crippen molar-refractivity contribution in [3.8, 4) is 11.5 Å². The van der Waals surface area contributed by atoms with Crippen LogP contribution in [0.15, 0.2) is 35.1 Å². The van der Waals surface area contributed by atoms with Gasteiger partial charge in [0.25, 0.3) is 0 Å². The molecule has 1 amide bonds.